The van der Waals surface area contributed by atoms with E-state index in [1.54, 1.807) is 24.1 Å². The van der Waals surface area contributed by atoms with Crippen LogP contribution in [0.2, 0.25) is 0 Å². The van der Waals surface area contributed by atoms with Gasteiger partial charge in [0.2, 0.25) is 5.91 Å². The van der Waals surface area contributed by atoms with E-state index < -0.39 is 16.9 Å². The van der Waals surface area contributed by atoms with Gasteiger partial charge in [-0.1, -0.05) is 0 Å². The molecule has 32 heavy (non-hydrogen) atoms. The van der Waals surface area contributed by atoms with E-state index >= 15 is 0 Å². The Labute approximate surface area is 189 Å². The molecule has 0 saturated carbocycles. The van der Waals surface area contributed by atoms with Gasteiger partial charge in [0, 0.05) is 23.6 Å². The van der Waals surface area contributed by atoms with Crippen LogP contribution >= 0.6 is 11.8 Å². The zero-order valence-corrected chi connectivity index (χ0v) is 18.8. The summed E-state index contributed by atoms with van der Waals surface area (Å²) < 4.78 is 15.7. The molecule has 2 aromatic rings. The van der Waals surface area contributed by atoms with Crippen LogP contribution in [0, 0.1) is 10.1 Å². The Bertz CT molecular complexity index is 1010. The van der Waals surface area contributed by atoms with Crippen LogP contribution in [-0.4, -0.2) is 55.3 Å². The molecule has 0 bridgehead atoms. The molecule has 9 nitrogen and oxygen atoms in total. The predicted molar refractivity (Wildman–Crippen MR) is 118 cm³/mol. The summed E-state index contributed by atoms with van der Waals surface area (Å²) in [5, 5.41) is 10.8. The van der Waals surface area contributed by atoms with E-state index in [4.69, 9.17) is 14.2 Å². The number of amides is 1. The third-order valence-corrected chi connectivity index (χ3v) is 6.32. The fraction of sp³-hybridized carbons (Fsp3) is 0.364. The first-order chi connectivity index (χ1) is 15.4. The van der Waals surface area contributed by atoms with Crippen LogP contribution in [0.5, 0.6) is 11.5 Å². The van der Waals surface area contributed by atoms with Crippen molar-refractivity contribution in [1.29, 1.82) is 0 Å². The van der Waals surface area contributed by atoms with Crippen LogP contribution in [0.25, 0.3) is 0 Å². The summed E-state index contributed by atoms with van der Waals surface area (Å²) in [6, 6.07) is 9.25. The molecule has 0 saturated heterocycles. The van der Waals surface area contributed by atoms with Gasteiger partial charge in [-0.15, -0.1) is 11.8 Å². The molecule has 3 rings (SSSR count). The molecule has 0 spiro atoms. The molecule has 1 aliphatic rings. The van der Waals surface area contributed by atoms with Crippen LogP contribution in [0.3, 0.4) is 0 Å². The van der Waals surface area contributed by atoms with Crippen molar-refractivity contribution in [1.82, 2.24) is 4.90 Å². The van der Waals surface area contributed by atoms with Gasteiger partial charge < -0.3 is 19.1 Å². The van der Waals surface area contributed by atoms with Crippen molar-refractivity contribution in [2.75, 3.05) is 33.6 Å². The van der Waals surface area contributed by atoms with Gasteiger partial charge in [0.1, 0.15) is 0 Å². The Morgan fingerprint density at radius 3 is 2.38 bits per heavy atom. The van der Waals surface area contributed by atoms with E-state index in [1.807, 2.05) is 12.1 Å². The molecule has 0 aliphatic carbocycles. The molecular weight excluding hydrogens is 436 g/mol. The summed E-state index contributed by atoms with van der Waals surface area (Å²) in [5.41, 5.74) is 1.81. The molecule has 1 atom stereocenters. The monoisotopic (exact) mass is 460 g/mol. The van der Waals surface area contributed by atoms with E-state index in [-0.39, 0.29) is 23.8 Å². The molecular formula is C22H24N2O7S. The first kappa shape index (κ1) is 23.4. The average molecular weight is 461 g/mol. The minimum atomic E-state index is -0.490. The number of hydrogen-bond acceptors (Lipinski definition) is 8. The molecule has 2 aromatic carbocycles. The summed E-state index contributed by atoms with van der Waals surface area (Å²) in [4.78, 5) is 38.0. The topological polar surface area (TPSA) is 108 Å². The number of carbonyl (C=O) groups excluding carboxylic acids is 2. The van der Waals surface area contributed by atoms with Gasteiger partial charge in [-0.2, -0.15) is 0 Å². The smallest absolute Gasteiger partial charge is 0.307 e. The fourth-order valence-electron chi connectivity index (χ4n) is 3.68. The minimum absolute atomic E-state index is 0.00386. The first-order valence-electron chi connectivity index (χ1n) is 9.86. The van der Waals surface area contributed by atoms with Crippen LogP contribution in [0.4, 0.5) is 5.69 Å². The van der Waals surface area contributed by atoms with E-state index in [0.717, 1.165) is 16.0 Å². The van der Waals surface area contributed by atoms with Gasteiger partial charge >= 0.3 is 5.97 Å². The van der Waals surface area contributed by atoms with Crippen molar-refractivity contribution in [3.63, 3.8) is 0 Å². The van der Waals surface area contributed by atoms with Gasteiger partial charge in [-0.3, -0.25) is 19.7 Å². The zero-order valence-electron chi connectivity index (χ0n) is 18.0. The molecule has 0 aromatic heterocycles. The Morgan fingerprint density at radius 2 is 1.78 bits per heavy atom. The van der Waals surface area contributed by atoms with Gasteiger partial charge in [0.25, 0.3) is 5.69 Å². The third kappa shape index (κ3) is 5.13. The number of esters is 1. The number of fused-ring (bicyclic) bond motifs is 1. The number of thioether (sulfide) groups is 1. The summed E-state index contributed by atoms with van der Waals surface area (Å²) >= 11 is 1.29. The highest BCUT2D eigenvalue weighted by Gasteiger charge is 2.33. The quantitative estimate of drug-likeness (QED) is 0.255. The Kier molecular flexibility index (Phi) is 7.57. The van der Waals surface area contributed by atoms with Gasteiger partial charge in [0.05, 0.1) is 44.5 Å². The summed E-state index contributed by atoms with van der Waals surface area (Å²) in [7, 11) is 4.41. The number of carbonyl (C=O) groups is 2. The number of methoxy groups -OCH3 is 3. The first-order valence-corrected chi connectivity index (χ1v) is 10.8. The summed E-state index contributed by atoms with van der Waals surface area (Å²) in [6.45, 7) is 0.448. The molecule has 1 aliphatic heterocycles. The SMILES string of the molecule is COC(=O)CC1c2cc(OC)c(OC)cc2CCN1C(=O)CSc1ccc([N+](=O)[O-])cc1. The molecule has 1 unspecified atom stereocenters. The number of nitro groups is 1. The van der Waals surface area contributed by atoms with Crippen LogP contribution in [0.1, 0.15) is 23.6 Å². The van der Waals surface area contributed by atoms with Crippen molar-refractivity contribution in [3.05, 3.63) is 57.6 Å². The number of benzene rings is 2. The van der Waals surface area contributed by atoms with Crippen molar-refractivity contribution in [2.24, 2.45) is 0 Å². The second kappa shape index (κ2) is 10.4. The highest BCUT2D eigenvalue weighted by Crippen LogP contribution is 2.40. The lowest BCUT2D eigenvalue weighted by atomic mass is 9.90. The van der Waals surface area contributed by atoms with Gasteiger partial charge in [-0.25, -0.2) is 0 Å². The Morgan fingerprint density at radius 1 is 1.12 bits per heavy atom. The second-order valence-electron chi connectivity index (χ2n) is 7.08. The largest absolute Gasteiger partial charge is 0.493 e. The molecule has 1 amide bonds. The highest BCUT2D eigenvalue weighted by atomic mass is 32.2. The molecule has 10 heteroatoms. The van der Waals surface area contributed by atoms with Crippen LogP contribution in [0.15, 0.2) is 41.3 Å². The molecule has 1 heterocycles. The zero-order chi connectivity index (χ0) is 23.3. The molecule has 0 N–H and O–H groups in total. The van der Waals surface area contributed by atoms with E-state index in [2.05, 4.69) is 0 Å². The number of rotatable bonds is 8. The predicted octanol–water partition coefficient (Wildman–Crippen LogP) is 3.39. The van der Waals surface area contributed by atoms with Crippen molar-refractivity contribution in [3.8, 4) is 11.5 Å². The average Bonchev–Trinajstić information content (AvgIpc) is 2.81. The number of hydrogen-bond donors (Lipinski definition) is 0. The van der Waals surface area contributed by atoms with Crippen LogP contribution in [-0.2, 0) is 20.7 Å². The Balaban J connectivity index is 1.82. The Hall–Kier alpha value is -3.27. The van der Waals surface area contributed by atoms with E-state index in [1.165, 1.54) is 38.1 Å². The van der Waals surface area contributed by atoms with Crippen molar-refractivity contribution >= 4 is 29.3 Å². The number of nitrogens with zero attached hydrogens (tertiary/aromatic N) is 2. The summed E-state index contributed by atoms with van der Waals surface area (Å²) in [6.07, 6.45) is 0.633. The van der Waals surface area contributed by atoms with Gasteiger partial charge in [-0.05, 0) is 41.8 Å². The number of ether oxygens (including phenoxy) is 3. The standard InChI is InChI=1S/C22H24N2O7S/c1-29-19-10-14-8-9-23(18(12-22(26)31-3)17(14)11-20(19)30-2)21(25)13-32-16-6-4-15(5-7-16)24(27)28/h4-7,10-11,18H,8-9,12-13H2,1-3H3. The molecule has 170 valence electrons. The maximum atomic E-state index is 13.1. The second-order valence-corrected chi connectivity index (χ2v) is 8.13. The van der Waals surface area contributed by atoms with E-state index in [0.29, 0.717) is 24.5 Å². The lowest BCUT2D eigenvalue weighted by Gasteiger charge is -2.37. The fourth-order valence-corrected chi connectivity index (χ4v) is 4.46. The molecule has 0 radical (unpaired) electrons. The maximum absolute atomic E-state index is 13.1. The van der Waals surface area contributed by atoms with Crippen molar-refractivity contribution < 1.29 is 28.7 Å². The summed E-state index contributed by atoms with van der Waals surface area (Å²) in [5.74, 6) is 0.700. The minimum Gasteiger partial charge on any atom is -0.493 e. The lowest BCUT2D eigenvalue weighted by molar-refractivity contribution is -0.384. The lowest BCUT2D eigenvalue weighted by Crippen LogP contribution is -2.42. The van der Waals surface area contributed by atoms with Gasteiger partial charge in [0.15, 0.2) is 11.5 Å². The van der Waals surface area contributed by atoms with E-state index in [9.17, 15) is 19.7 Å². The van der Waals surface area contributed by atoms with Crippen LogP contribution < -0.4 is 9.47 Å². The third-order valence-electron chi connectivity index (χ3n) is 5.32. The number of non-ortho nitro benzene ring substituents is 1. The van der Waals surface area contributed by atoms with Crippen molar-refractivity contribution in [2.45, 2.75) is 23.8 Å². The molecule has 0 fully saturated rings. The normalized spacial score (nSPS) is 15.0. The highest BCUT2D eigenvalue weighted by molar-refractivity contribution is 8.00. The maximum Gasteiger partial charge on any atom is 0.307 e. The number of nitro benzene ring substituents is 1.